The molecular weight excluding hydrogens is 358 g/mol. The molecule has 0 aromatic heterocycles. The third-order valence-corrected chi connectivity index (χ3v) is 4.94. The first-order valence-corrected chi connectivity index (χ1v) is 8.90. The van der Waals surface area contributed by atoms with E-state index in [0.717, 1.165) is 0 Å². The number of benzene rings is 1. The first-order chi connectivity index (χ1) is 9.57. The van der Waals surface area contributed by atoms with Crippen LogP contribution >= 0.6 is 15.9 Å². The largest absolute Gasteiger partial charge is 0.496 e. The molecule has 0 spiro atoms. The van der Waals surface area contributed by atoms with E-state index in [4.69, 9.17) is 4.74 Å². The Balaban J connectivity index is 2.85. The molecule has 1 aromatic carbocycles. The van der Waals surface area contributed by atoms with Crippen molar-refractivity contribution in [2.45, 2.75) is 37.7 Å². The van der Waals surface area contributed by atoms with Crippen LogP contribution in [-0.4, -0.2) is 32.8 Å². The van der Waals surface area contributed by atoms with Crippen LogP contribution in [0.25, 0.3) is 0 Å². The van der Waals surface area contributed by atoms with Crippen LogP contribution in [0.15, 0.2) is 27.6 Å². The number of nitrogens with one attached hydrogen (secondary N) is 1. The van der Waals surface area contributed by atoms with Gasteiger partial charge in [-0.3, -0.25) is 0 Å². The van der Waals surface area contributed by atoms with Crippen molar-refractivity contribution in [3.8, 4) is 5.75 Å². The standard InChI is InChI=1S/C14H22BrNO4S/c1-10(2)8-14(3,17)9-16-21(18,19)11-5-6-13(20-4)12(15)7-11/h5-7,10,16-17H,8-9H2,1-4H3. The predicted octanol–water partition coefficient (Wildman–Crippen LogP) is 2.53. The summed E-state index contributed by atoms with van der Waals surface area (Å²) in [7, 11) is -2.16. The number of sulfonamides is 1. The highest BCUT2D eigenvalue weighted by molar-refractivity contribution is 9.10. The molecule has 0 heterocycles. The molecule has 0 fully saturated rings. The van der Waals surface area contributed by atoms with E-state index in [2.05, 4.69) is 20.7 Å². The molecule has 1 atom stereocenters. The lowest BCUT2D eigenvalue weighted by atomic mass is 9.95. The first kappa shape index (κ1) is 18.4. The van der Waals surface area contributed by atoms with Gasteiger partial charge in [-0.2, -0.15) is 0 Å². The van der Waals surface area contributed by atoms with E-state index in [-0.39, 0.29) is 17.4 Å². The van der Waals surface area contributed by atoms with E-state index in [1.165, 1.54) is 19.2 Å². The zero-order chi connectivity index (χ0) is 16.3. The predicted molar refractivity (Wildman–Crippen MR) is 86.0 cm³/mol. The quantitative estimate of drug-likeness (QED) is 0.762. The summed E-state index contributed by atoms with van der Waals surface area (Å²) >= 11 is 3.26. The molecule has 1 unspecified atom stereocenters. The Kier molecular flexibility index (Phi) is 6.22. The minimum Gasteiger partial charge on any atom is -0.496 e. The van der Waals surface area contributed by atoms with E-state index in [9.17, 15) is 13.5 Å². The van der Waals surface area contributed by atoms with E-state index in [0.29, 0.717) is 16.6 Å². The zero-order valence-electron chi connectivity index (χ0n) is 12.7. The molecule has 0 saturated carbocycles. The number of aliphatic hydroxyl groups is 1. The third-order valence-electron chi connectivity index (χ3n) is 2.92. The molecular formula is C14H22BrNO4S. The third kappa shape index (κ3) is 5.58. The van der Waals surface area contributed by atoms with Crippen molar-refractivity contribution < 1.29 is 18.3 Å². The molecule has 2 N–H and O–H groups in total. The molecule has 0 aliphatic rings. The van der Waals surface area contributed by atoms with E-state index >= 15 is 0 Å². The summed E-state index contributed by atoms with van der Waals surface area (Å²) in [6.45, 7) is 5.55. The molecule has 5 nitrogen and oxygen atoms in total. The van der Waals surface area contributed by atoms with Gasteiger partial charge in [0, 0.05) is 6.54 Å². The van der Waals surface area contributed by atoms with Crippen molar-refractivity contribution in [1.82, 2.24) is 4.72 Å². The molecule has 0 amide bonds. The fourth-order valence-corrected chi connectivity index (χ4v) is 3.98. The van der Waals surface area contributed by atoms with Crippen molar-refractivity contribution >= 4 is 26.0 Å². The topological polar surface area (TPSA) is 75.6 Å². The number of rotatable bonds is 7. The highest BCUT2D eigenvalue weighted by Gasteiger charge is 2.25. The normalized spacial score (nSPS) is 15.0. The molecule has 1 rings (SSSR count). The average molecular weight is 380 g/mol. The van der Waals surface area contributed by atoms with Crippen LogP contribution in [0.3, 0.4) is 0 Å². The van der Waals surface area contributed by atoms with Crippen LogP contribution in [0, 0.1) is 5.92 Å². The maximum atomic E-state index is 12.2. The average Bonchev–Trinajstić information content (AvgIpc) is 2.35. The van der Waals surface area contributed by atoms with Gasteiger partial charge in [-0.25, -0.2) is 13.1 Å². The first-order valence-electron chi connectivity index (χ1n) is 6.63. The number of halogens is 1. The summed E-state index contributed by atoms with van der Waals surface area (Å²) in [5.41, 5.74) is -1.08. The summed E-state index contributed by atoms with van der Waals surface area (Å²) in [6.07, 6.45) is 0.516. The van der Waals surface area contributed by atoms with Gasteiger partial charge in [-0.1, -0.05) is 13.8 Å². The van der Waals surface area contributed by atoms with Gasteiger partial charge in [0.25, 0.3) is 0 Å². The fourth-order valence-electron chi connectivity index (χ4n) is 2.10. The summed E-state index contributed by atoms with van der Waals surface area (Å²) < 4.78 is 32.5. The molecule has 120 valence electrons. The Morgan fingerprint density at radius 2 is 2.05 bits per heavy atom. The van der Waals surface area contributed by atoms with Crippen molar-refractivity contribution in [3.63, 3.8) is 0 Å². The van der Waals surface area contributed by atoms with E-state index in [1.807, 2.05) is 13.8 Å². The lowest BCUT2D eigenvalue weighted by Crippen LogP contribution is -2.41. The van der Waals surface area contributed by atoms with Crippen LogP contribution in [0.4, 0.5) is 0 Å². The second kappa shape index (κ2) is 7.09. The molecule has 1 aromatic rings. The van der Waals surface area contributed by atoms with Crippen LogP contribution in [0.2, 0.25) is 0 Å². The highest BCUT2D eigenvalue weighted by atomic mass is 79.9. The maximum Gasteiger partial charge on any atom is 0.240 e. The lowest BCUT2D eigenvalue weighted by Gasteiger charge is -2.25. The molecule has 0 radical (unpaired) electrons. The van der Waals surface area contributed by atoms with Crippen LogP contribution in [-0.2, 0) is 10.0 Å². The SMILES string of the molecule is COc1ccc(S(=O)(=O)NCC(C)(O)CC(C)C)cc1Br. The molecule has 21 heavy (non-hydrogen) atoms. The second-order valence-corrected chi connectivity index (χ2v) is 8.34. The summed E-state index contributed by atoms with van der Waals surface area (Å²) in [4.78, 5) is 0.121. The van der Waals surface area contributed by atoms with Crippen molar-refractivity contribution in [3.05, 3.63) is 22.7 Å². The molecule has 7 heteroatoms. The zero-order valence-corrected chi connectivity index (χ0v) is 15.1. The molecule has 0 bridgehead atoms. The summed E-state index contributed by atoms with van der Waals surface area (Å²) in [5, 5.41) is 10.2. The highest BCUT2D eigenvalue weighted by Crippen LogP contribution is 2.27. The van der Waals surface area contributed by atoms with E-state index in [1.54, 1.807) is 13.0 Å². The lowest BCUT2D eigenvalue weighted by molar-refractivity contribution is 0.0437. The Morgan fingerprint density at radius 3 is 2.52 bits per heavy atom. The van der Waals surface area contributed by atoms with Gasteiger partial charge in [0.2, 0.25) is 10.0 Å². The van der Waals surface area contributed by atoms with Gasteiger partial charge in [0.1, 0.15) is 5.75 Å². The number of methoxy groups -OCH3 is 1. The molecule has 0 aliphatic carbocycles. The smallest absolute Gasteiger partial charge is 0.240 e. The number of hydrogen-bond acceptors (Lipinski definition) is 4. The monoisotopic (exact) mass is 379 g/mol. The van der Waals surface area contributed by atoms with Crippen molar-refractivity contribution in [2.24, 2.45) is 5.92 Å². The van der Waals surface area contributed by atoms with Gasteiger partial charge in [-0.05, 0) is 53.4 Å². The van der Waals surface area contributed by atoms with Gasteiger partial charge < -0.3 is 9.84 Å². The van der Waals surface area contributed by atoms with Crippen molar-refractivity contribution in [1.29, 1.82) is 0 Å². The van der Waals surface area contributed by atoms with Gasteiger partial charge in [0.15, 0.2) is 0 Å². The number of hydrogen-bond donors (Lipinski definition) is 2. The van der Waals surface area contributed by atoms with E-state index < -0.39 is 15.6 Å². The Bertz CT molecular complexity index is 585. The maximum absolute atomic E-state index is 12.2. The van der Waals surface area contributed by atoms with Crippen LogP contribution in [0.5, 0.6) is 5.75 Å². The van der Waals surface area contributed by atoms with Crippen molar-refractivity contribution in [2.75, 3.05) is 13.7 Å². The fraction of sp³-hybridized carbons (Fsp3) is 0.571. The Labute approximate surface area is 134 Å². The Morgan fingerprint density at radius 1 is 1.43 bits per heavy atom. The minimum atomic E-state index is -3.67. The Hall–Kier alpha value is -0.630. The van der Waals surface area contributed by atoms with Crippen LogP contribution < -0.4 is 9.46 Å². The minimum absolute atomic E-state index is 0.0306. The van der Waals surface area contributed by atoms with Gasteiger partial charge in [-0.15, -0.1) is 0 Å². The van der Waals surface area contributed by atoms with Gasteiger partial charge >= 0.3 is 0 Å². The summed E-state index contributed by atoms with van der Waals surface area (Å²) in [6, 6.07) is 4.51. The summed E-state index contributed by atoms with van der Waals surface area (Å²) in [5.74, 6) is 0.834. The number of ether oxygens (including phenoxy) is 1. The molecule has 0 saturated heterocycles. The van der Waals surface area contributed by atoms with Gasteiger partial charge in [0.05, 0.1) is 22.1 Å². The second-order valence-electron chi connectivity index (χ2n) is 5.72. The molecule has 0 aliphatic heterocycles. The van der Waals surface area contributed by atoms with Crippen LogP contribution in [0.1, 0.15) is 27.2 Å².